The van der Waals surface area contributed by atoms with Crippen molar-refractivity contribution >= 4 is 14.9 Å². The Kier molecular flexibility index (Phi) is 11.5. The smallest absolute Gasteiger partial charge is 0.413 e. The van der Waals surface area contributed by atoms with Crippen molar-refractivity contribution in [3.05, 3.63) is 82.9 Å². The van der Waals surface area contributed by atoms with Gasteiger partial charge in [0.25, 0.3) is 5.91 Å². The quantitative estimate of drug-likeness (QED) is 0.150. The number of carbonyl (C=O) groups excluding carboxylic acids is 1. The molecule has 12 heteroatoms. The summed E-state index contributed by atoms with van der Waals surface area (Å²) in [5.74, 6) is -1.30. The highest BCUT2D eigenvalue weighted by Crippen LogP contribution is 2.42. The molecule has 0 N–H and O–H groups in total. The fraction of sp³-hybridized carbons (Fsp3) is 0.531. The molecular formula is C32H41F6NO4Si. The number of nitrogens with zero attached hydrogens (tertiary/aromatic N) is 1. The van der Waals surface area contributed by atoms with Gasteiger partial charge in [-0.1, -0.05) is 57.7 Å². The number of alkyl halides is 6. The molecule has 0 saturated carbocycles. The van der Waals surface area contributed by atoms with Gasteiger partial charge in [0.15, 0.2) is 9.04 Å². The van der Waals surface area contributed by atoms with Crippen molar-refractivity contribution < 1.29 is 45.0 Å². The van der Waals surface area contributed by atoms with Gasteiger partial charge >= 0.3 is 12.4 Å². The molecule has 244 valence electrons. The zero-order valence-corrected chi connectivity index (χ0v) is 27.0. The molecule has 1 fully saturated rings. The molecule has 1 heterocycles. The Morgan fingerprint density at radius 3 is 1.89 bits per heavy atom. The molecule has 44 heavy (non-hydrogen) atoms. The number of carbonyl (C=O) groups is 1. The number of benzene rings is 2. The lowest BCUT2D eigenvalue weighted by Crippen LogP contribution is -2.50. The van der Waals surface area contributed by atoms with Gasteiger partial charge in [0.1, 0.15) is 6.10 Å². The minimum atomic E-state index is -5.03. The number of morpholine rings is 1. The summed E-state index contributed by atoms with van der Waals surface area (Å²) in [6, 6.07) is 10.3. The minimum Gasteiger partial charge on any atom is -0.413 e. The predicted molar refractivity (Wildman–Crippen MR) is 159 cm³/mol. The monoisotopic (exact) mass is 645 g/mol. The predicted octanol–water partition coefficient (Wildman–Crippen LogP) is 7.78. The molecule has 2 aromatic rings. The lowest BCUT2D eigenvalue weighted by molar-refractivity contribution is -0.153. The van der Waals surface area contributed by atoms with Crippen molar-refractivity contribution in [1.29, 1.82) is 0 Å². The Balaban J connectivity index is 2.19. The van der Waals surface area contributed by atoms with Gasteiger partial charge < -0.3 is 18.8 Å². The van der Waals surface area contributed by atoms with Gasteiger partial charge in [0, 0.05) is 19.0 Å². The second-order valence-electron chi connectivity index (χ2n) is 12.4. The van der Waals surface area contributed by atoms with E-state index in [2.05, 4.69) is 6.58 Å². The largest absolute Gasteiger partial charge is 0.416 e. The maximum absolute atomic E-state index is 14.2. The summed E-state index contributed by atoms with van der Waals surface area (Å²) >= 11 is 0. The average molecular weight is 646 g/mol. The van der Waals surface area contributed by atoms with Crippen LogP contribution in [-0.2, 0) is 31.0 Å². The van der Waals surface area contributed by atoms with Gasteiger partial charge in [-0.05, 0) is 60.3 Å². The van der Waals surface area contributed by atoms with E-state index in [1.807, 2.05) is 33.9 Å². The zero-order chi connectivity index (χ0) is 33.0. The van der Waals surface area contributed by atoms with Crippen LogP contribution < -0.4 is 0 Å². The average Bonchev–Trinajstić information content (AvgIpc) is 2.94. The van der Waals surface area contributed by atoms with Crippen LogP contribution in [0.5, 0.6) is 0 Å². The van der Waals surface area contributed by atoms with E-state index in [0.29, 0.717) is 23.3 Å². The fourth-order valence-corrected chi connectivity index (χ4v) is 6.41. The van der Waals surface area contributed by atoms with E-state index in [9.17, 15) is 31.1 Å². The number of amides is 1. The van der Waals surface area contributed by atoms with Crippen LogP contribution in [-0.4, -0.2) is 58.4 Å². The van der Waals surface area contributed by atoms with Crippen molar-refractivity contribution in [3.8, 4) is 0 Å². The third kappa shape index (κ3) is 9.18. The lowest BCUT2D eigenvalue weighted by atomic mass is 9.76. The van der Waals surface area contributed by atoms with Gasteiger partial charge in [0.2, 0.25) is 0 Å². The molecule has 0 bridgehead atoms. The summed E-state index contributed by atoms with van der Waals surface area (Å²) in [7, 11) is -1.65. The molecular weight excluding hydrogens is 604 g/mol. The standard InChI is InChI=1S/C32H41F6NO4Si/c1-20(28(30(3,4)5)43-44(6)7)26(22-11-9-8-10-12-22)27(29(40)39-13-15-41-16-14-39)42-21(2)23-17-24(31(33,34)35)19-25(18-23)32(36,37)38/h8-12,17-19,21,26-28,44H,1,13-16H2,2-7H3/t21-,26+,27+,28?/m1/s1. The summed E-state index contributed by atoms with van der Waals surface area (Å²) in [5, 5.41) is 0. The van der Waals surface area contributed by atoms with Crippen molar-refractivity contribution in [1.82, 2.24) is 4.90 Å². The van der Waals surface area contributed by atoms with E-state index in [0.717, 1.165) is 0 Å². The molecule has 1 aliphatic heterocycles. The number of hydrogen-bond donors (Lipinski definition) is 0. The molecule has 2 aromatic carbocycles. The first-order valence-corrected chi connectivity index (χ1v) is 17.3. The molecule has 3 rings (SSSR count). The highest BCUT2D eigenvalue weighted by molar-refractivity contribution is 6.48. The van der Waals surface area contributed by atoms with E-state index < -0.39 is 68.1 Å². The van der Waals surface area contributed by atoms with Crippen LogP contribution in [0.1, 0.15) is 62.0 Å². The number of rotatable bonds is 10. The Bertz CT molecular complexity index is 1240. The van der Waals surface area contributed by atoms with Gasteiger partial charge in [-0.3, -0.25) is 4.79 Å². The van der Waals surface area contributed by atoms with E-state index >= 15 is 0 Å². The third-order valence-corrected chi connectivity index (χ3v) is 8.21. The van der Waals surface area contributed by atoms with Crippen molar-refractivity contribution in [2.24, 2.45) is 5.41 Å². The van der Waals surface area contributed by atoms with Crippen LogP contribution in [0.4, 0.5) is 26.3 Å². The molecule has 4 atom stereocenters. The number of hydrogen-bond acceptors (Lipinski definition) is 4. The highest BCUT2D eigenvalue weighted by Gasteiger charge is 2.43. The third-order valence-electron chi connectivity index (χ3n) is 7.39. The van der Waals surface area contributed by atoms with E-state index in [-0.39, 0.29) is 37.9 Å². The van der Waals surface area contributed by atoms with Crippen molar-refractivity contribution in [2.45, 2.75) is 77.4 Å². The summed E-state index contributed by atoms with van der Waals surface area (Å²) in [6.45, 7) is 16.7. The van der Waals surface area contributed by atoms with Crippen LogP contribution in [0.15, 0.2) is 60.7 Å². The van der Waals surface area contributed by atoms with Gasteiger partial charge in [-0.2, -0.15) is 26.3 Å². The minimum absolute atomic E-state index is 0.0717. The summed E-state index contributed by atoms with van der Waals surface area (Å²) in [5.41, 5.74) is -2.55. The molecule has 1 unspecified atom stereocenters. The van der Waals surface area contributed by atoms with Gasteiger partial charge in [0.05, 0.1) is 36.5 Å². The zero-order valence-electron chi connectivity index (χ0n) is 25.9. The van der Waals surface area contributed by atoms with E-state index in [1.165, 1.54) is 6.92 Å². The topological polar surface area (TPSA) is 48.0 Å². The molecule has 1 saturated heterocycles. The molecule has 0 aromatic heterocycles. The van der Waals surface area contributed by atoms with E-state index in [1.54, 1.807) is 35.2 Å². The molecule has 0 spiro atoms. The van der Waals surface area contributed by atoms with Crippen LogP contribution in [0.3, 0.4) is 0 Å². The summed E-state index contributed by atoms with van der Waals surface area (Å²) in [6.07, 6.45) is -13.3. The number of ether oxygens (including phenoxy) is 2. The van der Waals surface area contributed by atoms with Gasteiger partial charge in [-0.15, -0.1) is 0 Å². The maximum Gasteiger partial charge on any atom is 0.416 e. The molecule has 0 aliphatic carbocycles. The summed E-state index contributed by atoms with van der Waals surface area (Å²) in [4.78, 5) is 15.8. The molecule has 5 nitrogen and oxygen atoms in total. The Morgan fingerprint density at radius 2 is 1.43 bits per heavy atom. The Hall–Kier alpha value is -2.67. The molecule has 0 radical (unpaired) electrons. The molecule has 1 amide bonds. The van der Waals surface area contributed by atoms with E-state index in [4.69, 9.17) is 13.9 Å². The first-order chi connectivity index (χ1) is 20.3. The van der Waals surface area contributed by atoms with Crippen LogP contribution in [0.25, 0.3) is 0 Å². The fourth-order valence-electron chi connectivity index (χ4n) is 5.28. The second-order valence-corrected chi connectivity index (χ2v) is 14.7. The number of halogens is 6. The normalized spacial score (nSPS) is 17.7. The molecule has 1 aliphatic rings. The van der Waals surface area contributed by atoms with Gasteiger partial charge in [-0.25, -0.2) is 0 Å². The van der Waals surface area contributed by atoms with Crippen LogP contribution in [0, 0.1) is 5.41 Å². The first kappa shape index (κ1) is 35.8. The first-order valence-electron chi connectivity index (χ1n) is 14.5. The van der Waals surface area contributed by atoms with Crippen molar-refractivity contribution in [2.75, 3.05) is 26.3 Å². The maximum atomic E-state index is 14.2. The Labute approximate surface area is 256 Å². The van der Waals surface area contributed by atoms with Crippen LogP contribution >= 0.6 is 0 Å². The highest BCUT2D eigenvalue weighted by atomic mass is 28.3. The lowest BCUT2D eigenvalue weighted by Gasteiger charge is -2.41. The SMILES string of the molecule is C=C(C(O[SiH](C)C)C(C)(C)C)[C@@H](c1ccccc1)[C@H](O[C@H](C)c1cc(C(F)(F)F)cc(C(F)(F)F)c1)C(=O)N1CCOCC1. The summed E-state index contributed by atoms with van der Waals surface area (Å²) < 4.78 is 100. The Morgan fingerprint density at radius 1 is 0.909 bits per heavy atom. The second kappa shape index (κ2) is 14.2. The van der Waals surface area contributed by atoms with Crippen molar-refractivity contribution in [3.63, 3.8) is 0 Å². The van der Waals surface area contributed by atoms with Crippen LogP contribution in [0.2, 0.25) is 13.1 Å².